The number of rotatable bonds is 2. The molecule has 3 aromatic rings. The van der Waals surface area contributed by atoms with E-state index in [-0.39, 0.29) is 5.24 Å². The van der Waals surface area contributed by atoms with Gasteiger partial charge in [-0.05, 0) is 53.7 Å². The van der Waals surface area contributed by atoms with E-state index < -0.39 is 0 Å². The zero-order valence-corrected chi connectivity index (χ0v) is 14.4. The molecular weight excluding hydrogens is 356 g/mol. The second kappa shape index (κ2) is 6.66. The molecular formula is C18H11ClN4OS. The van der Waals surface area contributed by atoms with Crippen molar-refractivity contribution >= 4 is 57.2 Å². The first kappa shape index (κ1) is 15.8. The van der Waals surface area contributed by atoms with Gasteiger partial charge in [-0.1, -0.05) is 23.7 Å². The van der Waals surface area contributed by atoms with Crippen molar-refractivity contribution in [3.8, 4) is 0 Å². The van der Waals surface area contributed by atoms with Crippen LogP contribution in [-0.2, 0) is 0 Å². The number of carbonyl (C=O) groups excluding carboxylic acids is 1. The number of amides is 1. The number of aliphatic imine (C=N–C) groups is 1. The van der Waals surface area contributed by atoms with Gasteiger partial charge in [0.25, 0.3) is 5.24 Å². The fraction of sp³-hybridized carbons (Fsp3) is 0. The lowest BCUT2D eigenvalue weighted by Gasteiger charge is -2.01. The second-order valence-electron chi connectivity index (χ2n) is 5.27. The maximum absolute atomic E-state index is 11.8. The molecule has 5 nitrogen and oxygen atoms in total. The average Bonchev–Trinajstić information content (AvgIpc) is 2.94. The lowest BCUT2D eigenvalue weighted by atomic mass is 10.1. The van der Waals surface area contributed by atoms with Crippen molar-refractivity contribution in [1.29, 1.82) is 0 Å². The van der Waals surface area contributed by atoms with Gasteiger partial charge < -0.3 is 5.32 Å². The summed E-state index contributed by atoms with van der Waals surface area (Å²) in [6, 6.07) is 12.9. The summed E-state index contributed by atoms with van der Waals surface area (Å²) in [7, 11) is 0. The fourth-order valence-electron chi connectivity index (χ4n) is 2.41. The summed E-state index contributed by atoms with van der Waals surface area (Å²) >= 11 is 7.10. The van der Waals surface area contributed by atoms with E-state index in [1.54, 1.807) is 24.5 Å². The van der Waals surface area contributed by atoms with E-state index in [0.29, 0.717) is 16.5 Å². The number of halogens is 1. The van der Waals surface area contributed by atoms with Gasteiger partial charge >= 0.3 is 0 Å². The van der Waals surface area contributed by atoms with E-state index in [9.17, 15) is 4.79 Å². The Morgan fingerprint density at radius 1 is 1.08 bits per heavy atom. The molecule has 0 atom stereocenters. The molecule has 2 aromatic carbocycles. The van der Waals surface area contributed by atoms with E-state index >= 15 is 0 Å². The molecule has 1 N–H and O–H groups in total. The molecule has 1 aliphatic rings. The van der Waals surface area contributed by atoms with Crippen LogP contribution in [0.25, 0.3) is 17.1 Å². The van der Waals surface area contributed by atoms with Gasteiger partial charge in [0.1, 0.15) is 5.84 Å². The minimum absolute atomic E-state index is 0.160. The SMILES string of the molecule is O=C1NC(=Nc2cccc(Cl)c2)C(=Cc2ccc3nccnc3c2)S1. The topological polar surface area (TPSA) is 67.2 Å². The number of thioether (sulfide) groups is 1. The van der Waals surface area contributed by atoms with Crippen molar-refractivity contribution in [3.63, 3.8) is 0 Å². The summed E-state index contributed by atoms with van der Waals surface area (Å²) in [6.45, 7) is 0. The van der Waals surface area contributed by atoms with Crippen LogP contribution in [0.4, 0.5) is 10.5 Å². The first-order chi connectivity index (χ1) is 12.2. The number of fused-ring (bicyclic) bond motifs is 1. The molecule has 25 heavy (non-hydrogen) atoms. The summed E-state index contributed by atoms with van der Waals surface area (Å²) in [4.78, 5) is 25.6. The first-order valence-corrected chi connectivity index (χ1v) is 8.63. The van der Waals surface area contributed by atoms with Crippen LogP contribution in [0, 0.1) is 0 Å². The maximum Gasteiger partial charge on any atom is 0.289 e. The Labute approximate surface area is 152 Å². The molecule has 0 radical (unpaired) electrons. The number of amidine groups is 1. The van der Waals surface area contributed by atoms with Crippen LogP contribution in [0.1, 0.15) is 5.56 Å². The van der Waals surface area contributed by atoms with Crippen LogP contribution in [0.3, 0.4) is 0 Å². The standard InChI is InChI=1S/C18H11ClN4OS/c19-12-2-1-3-13(10-12)22-17-16(25-18(24)23-17)9-11-4-5-14-15(8-11)21-7-6-20-14/h1-10H,(H,22,23,24). The number of hydrogen-bond acceptors (Lipinski definition) is 5. The lowest BCUT2D eigenvalue weighted by Crippen LogP contribution is -2.18. The highest BCUT2D eigenvalue weighted by molar-refractivity contribution is 8.18. The van der Waals surface area contributed by atoms with Crippen LogP contribution in [-0.4, -0.2) is 21.0 Å². The Balaban J connectivity index is 1.73. The van der Waals surface area contributed by atoms with Crippen LogP contribution in [0.15, 0.2) is 64.8 Å². The summed E-state index contributed by atoms with van der Waals surface area (Å²) in [6.07, 6.45) is 5.21. The van der Waals surface area contributed by atoms with Crippen LogP contribution < -0.4 is 5.32 Å². The van der Waals surface area contributed by atoms with Gasteiger partial charge in [-0.25, -0.2) is 4.99 Å². The Morgan fingerprint density at radius 2 is 1.92 bits per heavy atom. The molecule has 0 aliphatic carbocycles. The Hall–Kier alpha value is -2.70. The van der Waals surface area contributed by atoms with Crippen LogP contribution >= 0.6 is 23.4 Å². The van der Waals surface area contributed by atoms with Gasteiger partial charge in [0.05, 0.1) is 21.6 Å². The molecule has 7 heteroatoms. The third-order valence-corrected chi connectivity index (χ3v) is 4.55. The number of hydrogen-bond donors (Lipinski definition) is 1. The largest absolute Gasteiger partial charge is 0.300 e. The molecule has 1 aromatic heterocycles. The number of benzene rings is 2. The highest BCUT2D eigenvalue weighted by Gasteiger charge is 2.23. The Kier molecular flexibility index (Phi) is 4.21. The molecule has 0 bridgehead atoms. The maximum atomic E-state index is 11.8. The minimum atomic E-state index is -0.160. The quantitative estimate of drug-likeness (QED) is 0.706. The predicted octanol–water partition coefficient (Wildman–Crippen LogP) is 4.81. The molecule has 1 aliphatic heterocycles. The van der Waals surface area contributed by atoms with Crippen LogP contribution in [0.2, 0.25) is 5.02 Å². The fourth-order valence-corrected chi connectivity index (χ4v) is 3.33. The van der Waals surface area contributed by atoms with E-state index in [1.807, 2.05) is 36.4 Å². The van der Waals surface area contributed by atoms with Crippen molar-refractivity contribution in [2.45, 2.75) is 0 Å². The summed E-state index contributed by atoms with van der Waals surface area (Å²) in [5, 5.41) is 3.20. The molecule has 122 valence electrons. The monoisotopic (exact) mass is 366 g/mol. The zero-order chi connectivity index (χ0) is 17.2. The molecule has 0 unspecified atom stereocenters. The first-order valence-electron chi connectivity index (χ1n) is 7.43. The molecule has 1 saturated heterocycles. The van der Waals surface area contributed by atoms with Crippen molar-refractivity contribution in [3.05, 3.63) is 70.3 Å². The van der Waals surface area contributed by atoms with E-state index in [2.05, 4.69) is 20.3 Å². The second-order valence-corrected chi connectivity index (χ2v) is 6.72. The van der Waals surface area contributed by atoms with Crippen LogP contribution in [0.5, 0.6) is 0 Å². The van der Waals surface area contributed by atoms with Gasteiger partial charge in [-0.15, -0.1) is 0 Å². The van der Waals surface area contributed by atoms with Crippen molar-refractivity contribution in [2.24, 2.45) is 4.99 Å². The third kappa shape index (κ3) is 3.55. The van der Waals surface area contributed by atoms with Gasteiger partial charge in [0.2, 0.25) is 0 Å². The number of nitrogens with zero attached hydrogens (tertiary/aromatic N) is 3. The Bertz CT molecular complexity index is 1050. The Morgan fingerprint density at radius 3 is 2.76 bits per heavy atom. The molecule has 1 fully saturated rings. The van der Waals surface area contributed by atoms with Crippen molar-refractivity contribution in [1.82, 2.24) is 15.3 Å². The smallest absolute Gasteiger partial charge is 0.289 e. The van der Waals surface area contributed by atoms with Gasteiger partial charge in [-0.2, -0.15) is 0 Å². The molecule has 2 heterocycles. The van der Waals surface area contributed by atoms with E-state index in [1.165, 1.54) is 0 Å². The number of carbonyl (C=O) groups is 1. The van der Waals surface area contributed by atoms with E-state index in [4.69, 9.17) is 11.6 Å². The normalized spacial score (nSPS) is 17.4. The highest BCUT2D eigenvalue weighted by atomic mass is 35.5. The van der Waals surface area contributed by atoms with Gasteiger partial charge in [0, 0.05) is 17.4 Å². The average molecular weight is 367 g/mol. The lowest BCUT2D eigenvalue weighted by molar-refractivity contribution is 0.265. The number of nitrogens with one attached hydrogen (secondary N) is 1. The minimum Gasteiger partial charge on any atom is -0.300 e. The van der Waals surface area contributed by atoms with Crippen molar-refractivity contribution < 1.29 is 4.79 Å². The molecule has 0 spiro atoms. The third-order valence-electron chi connectivity index (χ3n) is 3.50. The summed E-state index contributed by atoms with van der Waals surface area (Å²) in [5.41, 5.74) is 3.23. The molecule has 1 amide bonds. The zero-order valence-electron chi connectivity index (χ0n) is 12.8. The summed E-state index contributed by atoms with van der Waals surface area (Å²) in [5.74, 6) is 0.511. The van der Waals surface area contributed by atoms with E-state index in [0.717, 1.165) is 33.3 Å². The highest BCUT2D eigenvalue weighted by Crippen LogP contribution is 2.29. The summed E-state index contributed by atoms with van der Waals surface area (Å²) < 4.78 is 0. The number of aromatic nitrogens is 2. The molecule has 0 saturated carbocycles. The van der Waals surface area contributed by atoms with Gasteiger partial charge in [0.15, 0.2) is 0 Å². The predicted molar refractivity (Wildman–Crippen MR) is 102 cm³/mol. The van der Waals surface area contributed by atoms with Crippen molar-refractivity contribution in [2.75, 3.05) is 0 Å². The van der Waals surface area contributed by atoms with Gasteiger partial charge in [-0.3, -0.25) is 14.8 Å². The molecule has 4 rings (SSSR count).